The number of nitrogens with zero attached hydrogens (tertiary/aromatic N) is 2. The van der Waals surface area contributed by atoms with Crippen molar-refractivity contribution in [3.8, 4) is 0 Å². The van der Waals surface area contributed by atoms with Crippen molar-refractivity contribution in [1.82, 2.24) is 10.3 Å². The van der Waals surface area contributed by atoms with E-state index in [4.69, 9.17) is 0 Å². The van der Waals surface area contributed by atoms with E-state index in [0.29, 0.717) is 13.0 Å². The molecule has 3 rings (SSSR count). The molecule has 3 aromatic rings. The third-order valence-corrected chi connectivity index (χ3v) is 4.22. The number of aromatic nitrogens is 1. The first kappa shape index (κ1) is 18.5. The van der Waals surface area contributed by atoms with Gasteiger partial charge in [-0.3, -0.25) is 4.98 Å². The van der Waals surface area contributed by atoms with E-state index in [9.17, 15) is 4.79 Å². The molecule has 2 aromatic carbocycles. The van der Waals surface area contributed by atoms with Crippen LogP contribution >= 0.6 is 0 Å². The number of amides is 2. The van der Waals surface area contributed by atoms with E-state index in [-0.39, 0.29) is 6.03 Å². The van der Waals surface area contributed by atoms with E-state index in [1.807, 2.05) is 60.7 Å². The molecule has 27 heavy (non-hydrogen) atoms. The van der Waals surface area contributed by atoms with Gasteiger partial charge in [-0.15, -0.1) is 0 Å². The van der Waals surface area contributed by atoms with Gasteiger partial charge in [0.1, 0.15) is 0 Å². The lowest BCUT2D eigenvalue weighted by molar-refractivity contribution is 0.252. The van der Waals surface area contributed by atoms with Gasteiger partial charge in [0.2, 0.25) is 0 Å². The molecule has 2 N–H and O–H groups in total. The van der Waals surface area contributed by atoms with Crippen LogP contribution in [0.1, 0.15) is 11.3 Å². The van der Waals surface area contributed by atoms with Gasteiger partial charge in [-0.05, 0) is 42.0 Å². The minimum Gasteiger partial charge on any atom is -0.370 e. The van der Waals surface area contributed by atoms with Gasteiger partial charge in [0.05, 0.1) is 0 Å². The van der Waals surface area contributed by atoms with E-state index >= 15 is 0 Å². The normalized spacial score (nSPS) is 10.3. The molecule has 0 aliphatic carbocycles. The van der Waals surface area contributed by atoms with Crippen LogP contribution in [-0.4, -0.2) is 24.6 Å². The molecule has 0 saturated heterocycles. The van der Waals surface area contributed by atoms with E-state index < -0.39 is 0 Å². The standard InChI is InChI=1S/C22H24N4O/c1-26(17-18-7-3-2-4-8-18)21-12-10-20(11-13-21)25-22(27)24-16-14-19-9-5-6-15-23-19/h2-13,15H,14,16-17H2,1H3,(H2,24,25,27). The molecule has 0 spiro atoms. The van der Waals surface area contributed by atoms with Crippen molar-refractivity contribution in [2.45, 2.75) is 13.0 Å². The molecule has 0 bridgehead atoms. The molecule has 0 saturated carbocycles. The number of benzene rings is 2. The van der Waals surface area contributed by atoms with E-state index in [2.05, 4.69) is 39.7 Å². The molecule has 0 fully saturated rings. The summed E-state index contributed by atoms with van der Waals surface area (Å²) in [6.45, 7) is 1.38. The summed E-state index contributed by atoms with van der Waals surface area (Å²) < 4.78 is 0. The van der Waals surface area contributed by atoms with Crippen molar-refractivity contribution in [1.29, 1.82) is 0 Å². The van der Waals surface area contributed by atoms with Gasteiger partial charge in [-0.2, -0.15) is 0 Å². The van der Waals surface area contributed by atoms with Crippen molar-refractivity contribution >= 4 is 17.4 Å². The highest BCUT2D eigenvalue weighted by molar-refractivity contribution is 5.89. The number of carbonyl (C=O) groups excluding carboxylic acids is 1. The molecule has 1 aromatic heterocycles. The molecular formula is C22H24N4O. The number of anilines is 2. The average Bonchev–Trinajstić information content (AvgIpc) is 2.70. The van der Waals surface area contributed by atoms with E-state index in [1.165, 1.54) is 5.56 Å². The SMILES string of the molecule is CN(Cc1ccccc1)c1ccc(NC(=O)NCCc2ccccn2)cc1. The van der Waals surface area contributed by atoms with Gasteiger partial charge >= 0.3 is 6.03 Å². The fraction of sp³-hybridized carbons (Fsp3) is 0.182. The molecule has 1 heterocycles. The number of carbonyl (C=O) groups is 1. The third-order valence-electron chi connectivity index (χ3n) is 4.22. The molecule has 0 aliphatic rings. The Morgan fingerprint density at radius 2 is 1.70 bits per heavy atom. The largest absolute Gasteiger partial charge is 0.370 e. The zero-order valence-corrected chi connectivity index (χ0v) is 15.4. The Bertz CT molecular complexity index is 835. The van der Waals surface area contributed by atoms with Crippen LogP contribution in [0.2, 0.25) is 0 Å². The number of pyridine rings is 1. The zero-order chi connectivity index (χ0) is 18.9. The molecule has 0 aliphatic heterocycles. The Balaban J connectivity index is 1.46. The fourth-order valence-corrected chi connectivity index (χ4v) is 2.77. The summed E-state index contributed by atoms with van der Waals surface area (Å²) >= 11 is 0. The Morgan fingerprint density at radius 3 is 2.41 bits per heavy atom. The summed E-state index contributed by atoms with van der Waals surface area (Å²) in [6, 6.07) is 23.7. The summed E-state index contributed by atoms with van der Waals surface area (Å²) in [6.07, 6.45) is 2.46. The number of urea groups is 1. The van der Waals surface area contributed by atoms with Gasteiger partial charge in [0, 0.05) is 49.8 Å². The van der Waals surface area contributed by atoms with Crippen LogP contribution in [-0.2, 0) is 13.0 Å². The lowest BCUT2D eigenvalue weighted by Gasteiger charge is -2.20. The Labute approximate surface area is 160 Å². The molecule has 0 atom stereocenters. The Morgan fingerprint density at radius 1 is 0.963 bits per heavy atom. The van der Waals surface area contributed by atoms with Crippen LogP contribution in [0.4, 0.5) is 16.2 Å². The first-order valence-electron chi connectivity index (χ1n) is 9.00. The van der Waals surface area contributed by atoms with E-state index in [1.54, 1.807) is 6.20 Å². The summed E-state index contributed by atoms with van der Waals surface area (Å²) in [5.74, 6) is 0. The van der Waals surface area contributed by atoms with Crippen molar-refractivity contribution in [2.75, 3.05) is 23.8 Å². The van der Waals surface area contributed by atoms with Crippen LogP contribution in [0.5, 0.6) is 0 Å². The van der Waals surface area contributed by atoms with Crippen molar-refractivity contribution in [2.24, 2.45) is 0 Å². The number of hydrogen-bond acceptors (Lipinski definition) is 3. The van der Waals surface area contributed by atoms with Crippen molar-refractivity contribution in [3.05, 3.63) is 90.3 Å². The minimum absolute atomic E-state index is 0.212. The predicted molar refractivity (Wildman–Crippen MR) is 110 cm³/mol. The first-order chi connectivity index (χ1) is 13.2. The smallest absolute Gasteiger partial charge is 0.319 e. The maximum atomic E-state index is 12.0. The third kappa shape index (κ3) is 5.85. The molecule has 0 unspecified atom stereocenters. The van der Waals surface area contributed by atoms with Crippen molar-refractivity contribution in [3.63, 3.8) is 0 Å². The first-order valence-corrected chi connectivity index (χ1v) is 9.00. The highest BCUT2D eigenvalue weighted by Crippen LogP contribution is 2.18. The van der Waals surface area contributed by atoms with Gasteiger partial charge in [-0.25, -0.2) is 4.79 Å². The second-order valence-electron chi connectivity index (χ2n) is 6.34. The highest BCUT2D eigenvalue weighted by Gasteiger charge is 2.05. The summed E-state index contributed by atoms with van der Waals surface area (Å²) in [7, 11) is 2.06. The Kier molecular flexibility index (Phi) is 6.41. The lowest BCUT2D eigenvalue weighted by Crippen LogP contribution is -2.30. The Hall–Kier alpha value is -3.34. The molecule has 0 radical (unpaired) electrons. The number of rotatable bonds is 7. The van der Waals surface area contributed by atoms with Gasteiger partial charge in [0.15, 0.2) is 0 Å². The summed E-state index contributed by atoms with van der Waals surface area (Å²) in [5.41, 5.74) is 4.08. The molecule has 5 heteroatoms. The van der Waals surface area contributed by atoms with Crippen LogP contribution in [0.15, 0.2) is 79.0 Å². The van der Waals surface area contributed by atoms with Gasteiger partial charge in [-0.1, -0.05) is 36.4 Å². The quantitative estimate of drug-likeness (QED) is 0.667. The molecule has 2 amide bonds. The average molecular weight is 360 g/mol. The number of nitrogens with one attached hydrogen (secondary N) is 2. The van der Waals surface area contributed by atoms with Crippen LogP contribution in [0.25, 0.3) is 0 Å². The van der Waals surface area contributed by atoms with Crippen LogP contribution in [0, 0.1) is 0 Å². The van der Waals surface area contributed by atoms with Crippen LogP contribution < -0.4 is 15.5 Å². The lowest BCUT2D eigenvalue weighted by atomic mass is 10.2. The van der Waals surface area contributed by atoms with Gasteiger partial charge < -0.3 is 15.5 Å². The number of hydrogen-bond donors (Lipinski definition) is 2. The highest BCUT2D eigenvalue weighted by atomic mass is 16.2. The summed E-state index contributed by atoms with van der Waals surface area (Å²) in [5, 5.41) is 5.70. The molecule has 5 nitrogen and oxygen atoms in total. The maximum absolute atomic E-state index is 12.0. The van der Waals surface area contributed by atoms with Crippen LogP contribution in [0.3, 0.4) is 0 Å². The maximum Gasteiger partial charge on any atom is 0.319 e. The summed E-state index contributed by atoms with van der Waals surface area (Å²) in [4.78, 5) is 18.4. The van der Waals surface area contributed by atoms with E-state index in [0.717, 1.165) is 23.6 Å². The zero-order valence-electron chi connectivity index (χ0n) is 15.4. The van der Waals surface area contributed by atoms with Gasteiger partial charge in [0.25, 0.3) is 0 Å². The topological polar surface area (TPSA) is 57.3 Å². The fourth-order valence-electron chi connectivity index (χ4n) is 2.77. The second-order valence-corrected chi connectivity index (χ2v) is 6.34. The molecule has 138 valence electrons. The predicted octanol–water partition coefficient (Wildman–Crippen LogP) is 4.08. The monoisotopic (exact) mass is 360 g/mol. The minimum atomic E-state index is -0.212. The molecular weight excluding hydrogens is 336 g/mol. The van der Waals surface area contributed by atoms with Crippen molar-refractivity contribution < 1.29 is 4.79 Å². The second kappa shape index (κ2) is 9.38.